The van der Waals surface area contributed by atoms with E-state index >= 15 is 0 Å². The molecule has 7 heteroatoms. The topological polar surface area (TPSA) is 92.9 Å². The van der Waals surface area contributed by atoms with Gasteiger partial charge >= 0.3 is 0 Å². The van der Waals surface area contributed by atoms with Crippen molar-refractivity contribution < 1.29 is 9.32 Å². The molecule has 0 unspecified atom stereocenters. The number of aryl methyl sites for hydroxylation is 1. The van der Waals surface area contributed by atoms with Gasteiger partial charge in [-0.15, -0.1) is 10.2 Å². The molecule has 2 aromatic heterocycles. The van der Waals surface area contributed by atoms with Crippen molar-refractivity contribution in [2.24, 2.45) is 5.92 Å². The fourth-order valence-electron chi connectivity index (χ4n) is 1.29. The minimum atomic E-state index is -0.0993. The first-order chi connectivity index (χ1) is 9.04. The van der Waals surface area contributed by atoms with Crippen LogP contribution in [0.2, 0.25) is 0 Å². The number of aromatic nitrogens is 3. The third-order valence-electron chi connectivity index (χ3n) is 2.32. The van der Waals surface area contributed by atoms with Crippen LogP contribution in [0, 0.1) is 12.8 Å². The van der Waals surface area contributed by atoms with E-state index in [1.165, 1.54) is 0 Å². The average molecular weight is 261 g/mol. The summed E-state index contributed by atoms with van der Waals surface area (Å²) in [6.45, 7) is 5.42. The molecule has 2 rings (SSSR count). The molecule has 2 heterocycles. The molecule has 0 aliphatic rings. The molecule has 19 heavy (non-hydrogen) atoms. The third kappa shape index (κ3) is 3.51. The Morgan fingerprint density at radius 1 is 1.21 bits per heavy atom. The molecular formula is C12H15N5O2. The lowest BCUT2D eigenvalue weighted by molar-refractivity contribution is -0.118. The van der Waals surface area contributed by atoms with Gasteiger partial charge < -0.3 is 15.2 Å². The summed E-state index contributed by atoms with van der Waals surface area (Å²) in [6, 6.07) is 5.12. The van der Waals surface area contributed by atoms with Gasteiger partial charge in [0.2, 0.25) is 5.91 Å². The van der Waals surface area contributed by atoms with Crippen molar-refractivity contribution in [3.63, 3.8) is 0 Å². The summed E-state index contributed by atoms with van der Waals surface area (Å²) >= 11 is 0. The number of hydrogen-bond acceptors (Lipinski definition) is 6. The summed E-state index contributed by atoms with van der Waals surface area (Å²) in [7, 11) is 0. The molecule has 0 aliphatic heterocycles. The Bertz CT molecular complexity index is 562. The molecule has 0 saturated carbocycles. The summed E-state index contributed by atoms with van der Waals surface area (Å²) in [4.78, 5) is 11.5. The van der Waals surface area contributed by atoms with E-state index in [1.54, 1.807) is 25.1 Å². The molecule has 0 bridgehead atoms. The molecule has 1 amide bonds. The largest absolute Gasteiger partial charge is 0.360 e. The second-order valence-electron chi connectivity index (χ2n) is 4.40. The van der Waals surface area contributed by atoms with Crippen molar-refractivity contribution in [2.75, 3.05) is 10.6 Å². The smallest absolute Gasteiger partial charge is 0.228 e. The van der Waals surface area contributed by atoms with Crippen molar-refractivity contribution in [2.45, 2.75) is 20.8 Å². The number of rotatable bonds is 4. The number of anilines is 3. The quantitative estimate of drug-likeness (QED) is 0.875. The van der Waals surface area contributed by atoms with Crippen LogP contribution in [0.25, 0.3) is 0 Å². The van der Waals surface area contributed by atoms with Gasteiger partial charge in [-0.1, -0.05) is 19.0 Å². The van der Waals surface area contributed by atoms with Gasteiger partial charge in [0, 0.05) is 12.0 Å². The standard InChI is InChI=1S/C12H15N5O2/c1-7(2)12(18)14-10-5-4-9(15-16-10)13-11-6-8(3)19-17-11/h4-7H,1-3H3,(H,13,15,17)(H,14,16,18). The van der Waals surface area contributed by atoms with Gasteiger partial charge in [0.05, 0.1) is 0 Å². The van der Waals surface area contributed by atoms with Gasteiger partial charge in [0.25, 0.3) is 0 Å². The summed E-state index contributed by atoms with van der Waals surface area (Å²) < 4.78 is 4.92. The Labute approximate surface area is 110 Å². The maximum absolute atomic E-state index is 11.5. The van der Waals surface area contributed by atoms with Gasteiger partial charge in [-0.2, -0.15) is 0 Å². The second-order valence-corrected chi connectivity index (χ2v) is 4.40. The zero-order valence-electron chi connectivity index (χ0n) is 11.0. The van der Waals surface area contributed by atoms with Crippen LogP contribution >= 0.6 is 0 Å². The Balaban J connectivity index is 2.00. The molecule has 2 N–H and O–H groups in total. The normalized spacial score (nSPS) is 10.5. The molecule has 0 aromatic carbocycles. The molecule has 0 spiro atoms. The Hall–Kier alpha value is -2.44. The van der Waals surface area contributed by atoms with E-state index in [1.807, 2.05) is 13.8 Å². The van der Waals surface area contributed by atoms with Crippen LogP contribution in [-0.4, -0.2) is 21.3 Å². The molecule has 2 aromatic rings. The van der Waals surface area contributed by atoms with Crippen LogP contribution in [0.4, 0.5) is 17.5 Å². The van der Waals surface area contributed by atoms with Crippen molar-refractivity contribution >= 4 is 23.4 Å². The number of carbonyl (C=O) groups is 1. The van der Waals surface area contributed by atoms with E-state index in [2.05, 4.69) is 26.0 Å². The summed E-state index contributed by atoms with van der Waals surface area (Å²) in [5.41, 5.74) is 0. The van der Waals surface area contributed by atoms with Gasteiger partial charge in [0.1, 0.15) is 5.76 Å². The summed E-state index contributed by atoms with van der Waals surface area (Å²) in [5.74, 6) is 2.01. The van der Waals surface area contributed by atoms with Crippen LogP contribution in [-0.2, 0) is 4.79 Å². The zero-order valence-corrected chi connectivity index (χ0v) is 11.0. The predicted octanol–water partition coefficient (Wildman–Crippen LogP) is 2.11. The third-order valence-corrected chi connectivity index (χ3v) is 2.32. The maximum atomic E-state index is 11.5. The van der Waals surface area contributed by atoms with Crippen LogP contribution in [0.15, 0.2) is 22.7 Å². The Kier molecular flexibility index (Phi) is 3.74. The number of amides is 1. The summed E-state index contributed by atoms with van der Waals surface area (Å²) in [6.07, 6.45) is 0. The van der Waals surface area contributed by atoms with Crippen LogP contribution in [0.1, 0.15) is 19.6 Å². The minimum absolute atomic E-state index is 0.0952. The number of carbonyl (C=O) groups excluding carboxylic acids is 1. The minimum Gasteiger partial charge on any atom is -0.360 e. The van der Waals surface area contributed by atoms with Crippen molar-refractivity contribution in [1.82, 2.24) is 15.4 Å². The first kappa shape index (κ1) is 13.0. The highest BCUT2D eigenvalue weighted by Gasteiger charge is 2.08. The number of nitrogens with zero attached hydrogens (tertiary/aromatic N) is 3. The highest BCUT2D eigenvalue weighted by Crippen LogP contribution is 2.14. The van der Waals surface area contributed by atoms with Gasteiger partial charge in [-0.25, -0.2) is 0 Å². The van der Waals surface area contributed by atoms with Crippen LogP contribution < -0.4 is 10.6 Å². The second kappa shape index (κ2) is 5.47. The zero-order chi connectivity index (χ0) is 13.8. The number of hydrogen-bond donors (Lipinski definition) is 2. The molecule has 0 aliphatic carbocycles. The molecule has 0 fully saturated rings. The van der Waals surface area contributed by atoms with E-state index in [9.17, 15) is 4.79 Å². The van der Waals surface area contributed by atoms with Gasteiger partial charge in [-0.05, 0) is 19.1 Å². The monoisotopic (exact) mass is 261 g/mol. The summed E-state index contributed by atoms with van der Waals surface area (Å²) in [5, 5.41) is 17.2. The molecule has 7 nitrogen and oxygen atoms in total. The van der Waals surface area contributed by atoms with E-state index in [4.69, 9.17) is 4.52 Å². The fraction of sp³-hybridized carbons (Fsp3) is 0.333. The van der Waals surface area contributed by atoms with Gasteiger partial charge in [0.15, 0.2) is 17.5 Å². The van der Waals surface area contributed by atoms with Gasteiger partial charge in [-0.3, -0.25) is 4.79 Å². The van der Waals surface area contributed by atoms with Crippen molar-refractivity contribution in [3.05, 3.63) is 24.0 Å². The van der Waals surface area contributed by atoms with Crippen LogP contribution in [0.5, 0.6) is 0 Å². The lowest BCUT2D eigenvalue weighted by atomic mass is 10.2. The highest BCUT2D eigenvalue weighted by atomic mass is 16.5. The number of nitrogens with one attached hydrogen (secondary N) is 2. The lowest BCUT2D eigenvalue weighted by Crippen LogP contribution is -2.18. The molecule has 0 radical (unpaired) electrons. The lowest BCUT2D eigenvalue weighted by Gasteiger charge is -2.06. The molecule has 100 valence electrons. The van der Waals surface area contributed by atoms with E-state index in [0.717, 1.165) is 0 Å². The maximum Gasteiger partial charge on any atom is 0.228 e. The van der Waals surface area contributed by atoms with E-state index in [0.29, 0.717) is 23.2 Å². The average Bonchev–Trinajstić information content (AvgIpc) is 2.77. The fourth-order valence-corrected chi connectivity index (χ4v) is 1.29. The molecular weight excluding hydrogens is 246 g/mol. The predicted molar refractivity (Wildman–Crippen MR) is 70.0 cm³/mol. The van der Waals surface area contributed by atoms with Crippen LogP contribution in [0.3, 0.4) is 0 Å². The Morgan fingerprint density at radius 2 is 1.89 bits per heavy atom. The van der Waals surface area contributed by atoms with Crippen molar-refractivity contribution in [1.29, 1.82) is 0 Å². The molecule has 0 atom stereocenters. The SMILES string of the molecule is Cc1cc(Nc2ccc(NC(=O)C(C)C)nn2)no1. The molecule has 0 saturated heterocycles. The first-order valence-electron chi connectivity index (χ1n) is 5.89. The first-order valence-corrected chi connectivity index (χ1v) is 5.89. The Morgan fingerprint density at radius 3 is 2.42 bits per heavy atom. The van der Waals surface area contributed by atoms with Crippen molar-refractivity contribution in [3.8, 4) is 0 Å². The van der Waals surface area contributed by atoms with E-state index < -0.39 is 0 Å². The van der Waals surface area contributed by atoms with E-state index in [-0.39, 0.29) is 11.8 Å². The highest BCUT2D eigenvalue weighted by molar-refractivity contribution is 5.91.